The molecule has 0 saturated heterocycles. The fourth-order valence-electron chi connectivity index (χ4n) is 2.74. The van der Waals surface area contributed by atoms with Crippen molar-refractivity contribution in [2.45, 2.75) is 39.0 Å². The second kappa shape index (κ2) is 9.56. The Kier molecular flexibility index (Phi) is 7.74. The highest BCUT2D eigenvalue weighted by Gasteiger charge is 2.08. The summed E-state index contributed by atoms with van der Waals surface area (Å²) in [6.07, 6.45) is 2.95. The fraction of sp³-hybridized carbons (Fsp3) is 0.333. The lowest BCUT2D eigenvalue weighted by Gasteiger charge is -2.14. The van der Waals surface area contributed by atoms with Crippen molar-refractivity contribution in [2.75, 3.05) is 5.75 Å². The summed E-state index contributed by atoms with van der Waals surface area (Å²) in [4.78, 5) is 1.27. The van der Waals surface area contributed by atoms with E-state index in [1.165, 1.54) is 16.0 Å². The van der Waals surface area contributed by atoms with Crippen LogP contribution in [0.5, 0.6) is 0 Å². The number of allylic oxidation sites excluding steroid dienone is 1. The minimum absolute atomic E-state index is 0.510. The molecule has 0 spiro atoms. The van der Waals surface area contributed by atoms with Crippen LogP contribution in [-0.2, 0) is 12.8 Å². The van der Waals surface area contributed by atoms with E-state index in [9.17, 15) is 0 Å². The summed E-state index contributed by atoms with van der Waals surface area (Å²) in [6, 6.07) is 14.7. The van der Waals surface area contributed by atoms with Crippen molar-refractivity contribution < 1.29 is 0 Å². The predicted molar refractivity (Wildman–Crippen MR) is 111 cm³/mol. The van der Waals surface area contributed by atoms with Crippen LogP contribution in [0.3, 0.4) is 0 Å². The number of hydrogen-bond acceptors (Lipinski definition) is 1. The molecule has 1 unspecified atom stereocenters. The van der Waals surface area contributed by atoms with E-state index in [4.69, 9.17) is 23.2 Å². The van der Waals surface area contributed by atoms with Gasteiger partial charge in [-0.05, 0) is 64.7 Å². The molecule has 0 saturated carbocycles. The molecule has 0 aliphatic carbocycles. The van der Waals surface area contributed by atoms with E-state index in [1.54, 1.807) is 0 Å². The lowest BCUT2D eigenvalue weighted by atomic mass is 9.95. The summed E-state index contributed by atoms with van der Waals surface area (Å²) in [6.45, 7) is 8.58. The van der Waals surface area contributed by atoms with Crippen molar-refractivity contribution in [1.82, 2.24) is 0 Å². The first kappa shape index (κ1) is 19.4. The topological polar surface area (TPSA) is 0 Å². The Morgan fingerprint density at radius 1 is 1.08 bits per heavy atom. The molecule has 2 aromatic carbocycles. The van der Waals surface area contributed by atoms with Crippen LogP contribution in [0, 0.1) is 0 Å². The Morgan fingerprint density at radius 3 is 2.42 bits per heavy atom. The Balaban J connectivity index is 1.93. The monoisotopic (exact) mass is 378 g/mol. The Morgan fingerprint density at radius 2 is 1.79 bits per heavy atom. The number of benzene rings is 2. The zero-order valence-corrected chi connectivity index (χ0v) is 16.6. The zero-order valence-electron chi connectivity index (χ0n) is 14.3. The molecule has 24 heavy (non-hydrogen) atoms. The minimum Gasteiger partial charge on any atom is -0.132 e. The van der Waals surface area contributed by atoms with Crippen molar-refractivity contribution in [1.29, 1.82) is 0 Å². The van der Waals surface area contributed by atoms with Crippen LogP contribution < -0.4 is 0 Å². The van der Waals surface area contributed by atoms with Gasteiger partial charge in [-0.25, -0.2) is 0 Å². The lowest BCUT2D eigenvalue weighted by Crippen LogP contribution is -1.96. The molecule has 0 aliphatic heterocycles. The van der Waals surface area contributed by atoms with Gasteiger partial charge in [-0.2, -0.15) is 0 Å². The maximum atomic E-state index is 6.24. The molecule has 0 heterocycles. The van der Waals surface area contributed by atoms with Gasteiger partial charge in [0.05, 0.1) is 0 Å². The van der Waals surface area contributed by atoms with Crippen LogP contribution in [-0.4, -0.2) is 5.75 Å². The number of thioether (sulfide) groups is 1. The van der Waals surface area contributed by atoms with E-state index in [1.807, 2.05) is 30.0 Å². The molecule has 0 amide bonds. The summed E-state index contributed by atoms with van der Waals surface area (Å²) in [5, 5.41) is 1.43. The van der Waals surface area contributed by atoms with Gasteiger partial charge in [-0.1, -0.05) is 74.0 Å². The van der Waals surface area contributed by atoms with Gasteiger partial charge in [-0.15, -0.1) is 11.8 Å². The lowest BCUT2D eigenvalue weighted by molar-refractivity contribution is 0.774. The van der Waals surface area contributed by atoms with Crippen LogP contribution in [0.25, 0.3) is 0 Å². The fourth-order valence-corrected chi connectivity index (χ4v) is 4.02. The quantitative estimate of drug-likeness (QED) is 0.456. The standard InChI is InChI=1S/C21H24Cl2S/c1-4-24-16(3)13-15(2)18-8-5-17(6-9-18)7-10-19-11-12-20(22)14-21(19)23/h5-6,8-9,11-12,14-15H,3-4,7,10,13H2,1-2H3. The molecule has 0 fully saturated rings. The number of hydrogen-bond donors (Lipinski definition) is 0. The largest absolute Gasteiger partial charge is 0.132 e. The van der Waals surface area contributed by atoms with Crippen LogP contribution in [0.1, 0.15) is 42.9 Å². The molecular formula is C21H24Cl2S. The van der Waals surface area contributed by atoms with E-state index in [0.29, 0.717) is 10.9 Å². The maximum Gasteiger partial charge on any atom is 0.0452 e. The zero-order chi connectivity index (χ0) is 17.5. The molecule has 3 heteroatoms. The smallest absolute Gasteiger partial charge is 0.0452 e. The van der Waals surface area contributed by atoms with Gasteiger partial charge in [-0.3, -0.25) is 0 Å². The average molecular weight is 379 g/mol. The second-order valence-electron chi connectivity index (χ2n) is 6.05. The highest BCUT2D eigenvalue weighted by atomic mass is 35.5. The van der Waals surface area contributed by atoms with Crippen LogP contribution in [0.2, 0.25) is 10.0 Å². The van der Waals surface area contributed by atoms with Gasteiger partial charge in [0.15, 0.2) is 0 Å². The van der Waals surface area contributed by atoms with Crippen LogP contribution >= 0.6 is 35.0 Å². The average Bonchev–Trinajstić information content (AvgIpc) is 2.54. The molecule has 0 nitrogen and oxygen atoms in total. The van der Waals surface area contributed by atoms with E-state index in [0.717, 1.165) is 35.6 Å². The van der Waals surface area contributed by atoms with Crippen molar-refractivity contribution >= 4 is 35.0 Å². The molecule has 0 aromatic heterocycles. The van der Waals surface area contributed by atoms with Crippen molar-refractivity contribution in [3.63, 3.8) is 0 Å². The van der Waals surface area contributed by atoms with E-state index < -0.39 is 0 Å². The van der Waals surface area contributed by atoms with Gasteiger partial charge < -0.3 is 0 Å². The summed E-state index contributed by atoms with van der Waals surface area (Å²) in [7, 11) is 0. The highest BCUT2D eigenvalue weighted by molar-refractivity contribution is 8.03. The van der Waals surface area contributed by atoms with Gasteiger partial charge in [0, 0.05) is 10.0 Å². The number of rotatable bonds is 8. The van der Waals surface area contributed by atoms with Crippen molar-refractivity contribution in [3.8, 4) is 0 Å². The first-order chi connectivity index (χ1) is 11.5. The van der Waals surface area contributed by atoms with E-state index in [2.05, 4.69) is 44.7 Å². The molecule has 128 valence electrons. The van der Waals surface area contributed by atoms with Gasteiger partial charge in [0.25, 0.3) is 0 Å². The third-order valence-electron chi connectivity index (χ3n) is 4.13. The first-order valence-corrected chi connectivity index (χ1v) is 10.1. The molecular weight excluding hydrogens is 355 g/mol. The molecule has 1 atom stereocenters. The maximum absolute atomic E-state index is 6.24. The third-order valence-corrected chi connectivity index (χ3v) is 5.58. The van der Waals surface area contributed by atoms with E-state index >= 15 is 0 Å². The molecule has 2 rings (SSSR count). The minimum atomic E-state index is 0.510. The number of aryl methyl sites for hydroxylation is 2. The highest BCUT2D eigenvalue weighted by Crippen LogP contribution is 2.28. The molecule has 0 aliphatic rings. The molecule has 0 N–H and O–H groups in total. The van der Waals surface area contributed by atoms with Crippen molar-refractivity contribution in [2.24, 2.45) is 0 Å². The second-order valence-corrected chi connectivity index (χ2v) is 8.34. The first-order valence-electron chi connectivity index (χ1n) is 8.33. The summed E-state index contributed by atoms with van der Waals surface area (Å²) in [5.74, 6) is 1.61. The van der Waals surface area contributed by atoms with Crippen molar-refractivity contribution in [3.05, 3.63) is 80.7 Å². The SMILES string of the molecule is C=C(CC(C)c1ccc(CCc2ccc(Cl)cc2Cl)cc1)SCC. The van der Waals surface area contributed by atoms with Crippen LogP contribution in [0.4, 0.5) is 0 Å². The summed E-state index contributed by atoms with van der Waals surface area (Å²) >= 11 is 14.0. The Hall–Kier alpha value is -0.890. The Labute approximate surface area is 160 Å². The Bertz CT molecular complexity index is 677. The van der Waals surface area contributed by atoms with Gasteiger partial charge in [0.2, 0.25) is 0 Å². The van der Waals surface area contributed by atoms with Gasteiger partial charge in [0.1, 0.15) is 0 Å². The number of halogens is 2. The molecule has 0 bridgehead atoms. The predicted octanol–water partition coefficient (Wildman–Crippen LogP) is 7.54. The summed E-state index contributed by atoms with van der Waals surface area (Å²) < 4.78 is 0. The normalized spacial score (nSPS) is 12.2. The van der Waals surface area contributed by atoms with E-state index in [-0.39, 0.29) is 0 Å². The van der Waals surface area contributed by atoms with Gasteiger partial charge >= 0.3 is 0 Å². The molecule has 0 radical (unpaired) electrons. The third kappa shape index (κ3) is 5.88. The summed E-state index contributed by atoms with van der Waals surface area (Å²) in [5.41, 5.74) is 3.85. The molecule has 2 aromatic rings. The van der Waals surface area contributed by atoms with Crippen LogP contribution in [0.15, 0.2) is 53.9 Å².